The molecule has 6 rings (SSSR count). The number of nitrogens with one attached hydrogen (secondary N) is 2. The van der Waals surface area contributed by atoms with Gasteiger partial charge in [-0.3, -0.25) is 9.59 Å². The summed E-state index contributed by atoms with van der Waals surface area (Å²) in [6.45, 7) is 4.46. The number of hydrogen-bond donors (Lipinski definition) is 2. The van der Waals surface area contributed by atoms with Gasteiger partial charge in [-0.1, -0.05) is 24.8 Å². The Morgan fingerprint density at radius 2 is 2.00 bits per heavy atom. The van der Waals surface area contributed by atoms with Crippen molar-refractivity contribution >= 4 is 56.6 Å². The molecular formula is C26H21N7O4S. The Hall–Kier alpha value is -4.84. The fraction of sp³-hybridized carbons (Fsp3) is 0.154. The largest absolute Gasteiger partial charge is 0.438 e. The van der Waals surface area contributed by atoms with Crippen molar-refractivity contribution in [3.8, 4) is 11.6 Å². The highest BCUT2D eigenvalue weighted by Crippen LogP contribution is 2.45. The minimum Gasteiger partial charge on any atom is -0.438 e. The third kappa shape index (κ3) is 4.20. The summed E-state index contributed by atoms with van der Waals surface area (Å²) in [5, 5.41) is 6.46. The van der Waals surface area contributed by atoms with Crippen molar-refractivity contribution in [1.82, 2.24) is 25.2 Å². The van der Waals surface area contributed by atoms with Crippen LogP contribution in [-0.2, 0) is 4.79 Å². The molecular weight excluding hydrogens is 506 g/mol. The Morgan fingerprint density at radius 1 is 1.16 bits per heavy atom. The molecule has 190 valence electrons. The normalized spacial score (nSPS) is 16.3. The van der Waals surface area contributed by atoms with Crippen molar-refractivity contribution in [2.75, 3.05) is 23.3 Å². The van der Waals surface area contributed by atoms with Gasteiger partial charge in [0, 0.05) is 25.3 Å². The van der Waals surface area contributed by atoms with Gasteiger partial charge in [-0.05, 0) is 30.7 Å². The minimum atomic E-state index is -0.480. The number of anilines is 3. The average molecular weight is 528 g/mol. The zero-order valence-corrected chi connectivity index (χ0v) is 20.8. The summed E-state index contributed by atoms with van der Waals surface area (Å²) in [4.78, 5) is 55.4. The molecule has 38 heavy (non-hydrogen) atoms. The number of pyridine rings is 1. The van der Waals surface area contributed by atoms with Crippen molar-refractivity contribution in [3.05, 3.63) is 72.5 Å². The summed E-state index contributed by atoms with van der Waals surface area (Å²) in [6, 6.07) is 10.2. The standard InChI is InChI=1S/C26H21N7O4S/c1-2-20(34)32-11-9-15(14-32)30-24(35)23-22-21-17(8-10-27-25(21)38-23)33(26(36)31-22)18-12-29-19(13-28-18)37-16-6-4-3-5-7-16/h2-8,10,12-13,15H,1,9,11,14H2,(H,30,35)(H,31,36). The molecule has 1 atom stereocenters. The Labute approximate surface area is 220 Å². The molecule has 0 saturated carbocycles. The summed E-state index contributed by atoms with van der Waals surface area (Å²) in [5.74, 6) is 0.696. The van der Waals surface area contributed by atoms with Crippen LogP contribution in [0.15, 0.2) is 67.6 Å². The van der Waals surface area contributed by atoms with Gasteiger partial charge in [0.2, 0.25) is 11.8 Å². The number of urea groups is 1. The Balaban J connectivity index is 1.27. The van der Waals surface area contributed by atoms with E-state index in [0.717, 1.165) is 0 Å². The summed E-state index contributed by atoms with van der Waals surface area (Å²) in [7, 11) is 0. The number of nitrogens with zero attached hydrogens (tertiary/aromatic N) is 5. The van der Waals surface area contributed by atoms with Gasteiger partial charge < -0.3 is 20.3 Å². The lowest BCUT2D eigenvalue weighted by molar-refractivity contribution is -0.125. The zero-order chi connectivity index (χ0) is 26.2. The lowest BCUT2D eigenvalue weighted by atomic mass is 10.1. The predicted octanol–water partition coefficient (Wildman–Crippen LogP) is 4.08. The van der Waals surface area contributed by atoms with Crippen LogP contribution in [0, 0.1) is 0 Å². The van der Waals surface area contributed by atoms with Gasteiger partial charge in [0.05, 0.1) is 29.2 Å². The zero-order valence-electron chi connectivity index (χ0n) is 20.0. The van der Waals surface area contributed by atoms with Crippen LogP contribution < -0.4 is 20.3 Å². The van der Waals surface area contributed by atoms with E-state index in [9.17, 15) is 14.4 Å². The first-order chi connectivity index (χ1) is 18.5. The van der Waals surface area contributed by atoms with Gasteiger partial charge in [-0.25, -0.2) is 24.6 Å². The molecule has 0 radical (unpaired) electrons. The van der Waals surface area contributed by atoms with Gasteiger partial charge in [0.15, 0.2) is 5.82 Å². The lowest BCUT2D eigenvalue weighted by Crippen LogP contribution is -2.39. The summed E-state index contributed by atoms with van der Waals surface area (Å²) >= 11 is 1.19. The van der Waals surface area contributed by atoms with E-state index in [0.29, 0.717) is 51.7 Å². The molecule has 0 spiro atoms. The van der Waals surface area contributed by atoms with Crippen LogP contribution in [0.4, 0.5) is 22.0 Å². The van der Waals surface area contributed by atoms with E-state index in [-0.39, 0.29) is 29.6 Å². The van der Waals surface area contributed by atoms with Crippen LogP contribution in [0.2, 0.25) is 0 Å². The van der Waals surface area contributed by atoms with Crippen LogP contribution in [0.25, 0.3) is 10.2 Å². The fourth-order valence-corrected chi connectivity index (χ4v) is 5.54. The smallest absolute Gasteiger partial charge is 0.332 e. The fourth-order valence-electron chi connectivity index (χ4n) is 4.52. The van der Waals surface area contributed by atoms with E-state index in [1.165, 1.54) is 34.7 Å². The second kappa shape index (κ2) is 9.56. The van der Waals surface area contributed by atoms with E-state index < -0.39 is 6.03 Å². The molecule has 4 amide bonds. The minimum absolute atomic E-state index is 0.164. The number of thiophene rings is 1. The number of benzene rings is 1. The van der Waals surface area contributed by atoms with E-state index in [4.69, 9.17) is 4.74 Å². The van der Waals surface area contributed by atoms with Crippen LogP contribution in [0.3, 0.4) is 0 Å². The molecule has 1 aromatic carbocycles. The van der Waals surface area contributed by atoms with Gasteiger partial charge in [-0.15, -0.1) is 11.3 Å². The van der Waals surface area contributed by atoms with Crippen LogP contribution >= 0.6 is 11.3 Å². The highest BCUT2D eigenvalue weighted by Gasteiger charge is 2.34. The second-order valence-electron chi connectivity index (χ2n) is 8.66. The average Bonchev–Trinajstić information content (AvgIpc) is 3.55. The molecule has 12 heteroatoms. The number of amides is 4. The van der Waals surface area contributed by atoms with Crippen LogP contribution in [0.5, 0.6) is 11.6 Å². The van der Waals surface area contributed by atoms with E-state index in [2.05, 4.69) is 32.2 Å². The molecule has 1 saturated heterocycles. The summed E-state index contributed by atoms with van der Waals surface area (Å²) < 4.78 is 5.70. The SMILES string of the molecule is C=CC(=O)N1CCC(NC(=O)c2sc3nccc4c3c2NC(=O)N4c2cnc(Oc3ccccc3)cn2)C1. The summed E-state index contributed by atoms with van der Waals surface area (Å²) in [6.07, 6.45) is 6.38. The van der Waals surface area contributed by atoms with Gasteiger partial charge >= 0.3 is 6.03 Å². The van der Waals surface area contributed by atoms with Crippen molar-refractivity contribution in [2.45, 2.75) is 12.5 Å². The van der Waals surface area contributed by atoms with Crippen LogP contribution in [-0.4, -0.2) is 56.8 Å². The third-order valence-corrected chi connectivity index (χ3v) is 7.37. The van der Waals surface area contributed by atoms with Gasteiger partial charge in [-0.2, -0.15) is 0 Å². The van der Waals surface area contributed by atoms with Crippen molar-refractivity contribution in [2.24, 2.45) is 0 Å². The molecule has 2 N–H and O–H groups in total. The number of ether oxygens (including phenoxy) is 1. The first-order valence-corrected chi connectivity index (χ1v) is 12.6. The molecule has 0 aliphatic carbocycles. The lowest BCUT2D eigenvalue weighted by Gasteiger charge is -2.27. The highest BCUT2D eigenvalue weighted by molar-refractivity contribution is 7.21. The van der Waals surface area contributed by atoms with Gasteiger partial charge in [0.1, 0.15) is 15.5 Å². The molecule has 2 aliphatic rings. The van der Waals surface area contributed by atoms with E-state index in [1.54, 1.807) is 29.3 Å². The Bertz CT molecular complexity index is 1570. The number of likely N-dealkylation sites (tertiary alicyclic amines) is 1. The topological polar surface area (TPSA) is 130 Å². The molecule has 3 aromatic heterocycles. The van der Waals surface area contributed by atoms with Crippen molar-refractivity contribution in [3.63, 3.8) is 0 Å². The first-order valence-electron chi connectivity index (χ1n) is 11.8. The number of hydrogen-bond acceptors (Lipinski definition) is 8. The van der Waals surface area contributed by atoms with Crippen LogP contribution in [0.1, 0.15) is 16.1 Å². The Kier molecular flexibility index (Phi) is 5.92. The highest BCUT2D eigenvalue weighted by atomic mass is 32.1. The van der Waals surface area contributed by atoms with E-state index >= 15 is 0 Å². The molecule has 2 aliphatic heterocycles. The molecule has 1 unspecified atom stereocenters. The number of rotatable bonds is 6. The maximum absolute atomic E-state index is 13.3. The molecule has 1 fully saturated rings. The molecule has 11 nitrogen and oxygen atoms in total. The number of carbonyl (C=O) groups is 3. The molecule has 5 heterocycles. The number of para-hydroxylation sites is 1. The first kappa shape index (κ1) is 23.6. The maximum Gasteiger partial charge on any atom is 0.332 e. The number of aromatic nitrogens is 3. The quantitative estimate of drug-likeness (QED) is 0.362. The van der Waals surface area contributed by atoms with Gasteiger partial charge in [0.25, 0.3) is 5.91 Å². The van der Waals surface area contributed by atoms with Crippen molar-refractivity contribution in [1.29, 1.82) is 0 Å². The maximum atomic E-state index is 13.3. The third-order valence-electron chi connectivity index (χ3n) is 6.27. The van der Waals surface area contributed by atoms with E-state index in [1.807, 2.05) is 18.2 Å². The second-order valence-corrected chi connectivity index (χ2v) is 9.66. The molecule has 0 bridgehead atoms. The molecule has 4 aromatic rings. The summed E-state index contributed by atoms with van der Waals surface area (Å²) in [5.41, 5.74) is 0.944. The van der Waals surface area contributed by atoms with Crippen molar-refractivity contribution < 1.29 is 19.1 Å². The monoisotopic (exact) mass is 527 g/mol. The predicted molar refractivity (Wildman–Crippen MR) is 142 cm³/mol. The Morgan fingerprint density at radius 3 is 2.76 bits per heavy atom. The number of carbonyl (C=O) groups excluding carboxylic acids is 3.